The molecule has 2 aromatic heterocycles. The topological polar surface area (TPSA) is 80.3 Å². The molecule has 2 rings (SSSR count). The first-order valence-electron chi connectivity index (χ1n) is 6.52. The Morgan fingerprint density at radius 1 is 1.55 bits per heavy atom. The zero-order valence-corrected chi connectivity index (χ0v) is 11.8. The molecule has 20 heavy (non-hydrogen) atoms. The van der Waals surface area contributed by atoms with Gasteiger partial charge in [-0.05, 0) is 24.1 Å². The van der Waals surface area contributed by atoms with E-state index in [0.717, 1.165) is 5.69 Å². The maximum Gasteiger partial charge on any atom is 0.271 e. The molecule has 0 aromatic carbocycles. The molecular weight excluding hydrogens is 258 g/mol. The van der Waals surface area contributed by atoms with Crippen molar-refractivity contribution in [3.63, 3.8) is 0 Å². The van der Waals surface area contributed by atoms with Crippen molar-refractivity contribution in [3.05, 3.63) is 41.6 Å². The summed E-state index contributed by atoms with van der Waals surface area (Å²) in [6, 6.07) is 5.11. The van der Waals surface area contributed by atoms with Gasteiger partial charge >= 0.3 is 0 Å². The van der Waals surface area contributed by atoms with Crippen LogP contribution in [0.15, 0.2) is 28.9 Å². The first kappa shape index (κ1) is 14.3. The molecule has 0 spiro atoms. The molecule has 0 fully saturated rings. The Bertz CT molecular complexity index is 573. The van der Waals surface area contributed by atoms with Gasteiger partial charge in [0, 0.05) is 12.7 Å². The van der Waals surface area contributed by atoms with Crippen LogP contribution < -0.4 is 5.32 Å². The second-order valence-corrected chi connectivity index (χ2v) is 4.97. The van der Waals surface area contributed by atoms with E-state index in [1.165, 1.54) is 6.26 Å². The summed E-state index contributed by atoms with van der Waals surface area (Å²) in [5.74, 6) is 0.412. The molecule has 1 amide bonds. The number of nitrogens with one attached hydrogen (secondary N) is 1. The number of hydrogen-bond donors (Lipinski definition) is 2. The Kier molecular flexibility index (Phi) is 4.24. The van der Waals surface area contributed by atoms with E-state index >= 15 is 0 Å². The lowest BCUT2D eigenvalue weighted by molar-refractivity contribution is 0.0895. The fourth-order valence-corrected chi connectivity index (χ4v) is 1.99. The van der Waals surface area contributed by atoms with Crippen molar-refractivity contribution in [2.75, 3.05) is 6.54 Å². The minimum Gasteiger partial charge on any atom is -0.467 e. The molecule has 0 aliphatic rings. The summed E-state index contributed by atoms with van der Waals surface area (Å²) < 4.78 is 6.76. The maximum atomic E-state index is 12.0. The fourth-order valence-electron chi connectivity index (χ4n) is 1.99. The molecule has 0 saturated carbocycles. The van der Waals surface area contributed by atoms with Crippen molar-refractivity contribution in [2.24, 2.45) is 7.05 Å². The predicted molar refractivity (Wildman–Crippen MR) is 73.3 cm³/mol. The highest BCUT2D eigenvalue weighted by molar-refractivity contribution is 5.92. The summed E-state index contributed by atoms with van der Waals surface area (Å²) in [5.41, 5.74) is 1.34. The molecule has 0 saturated heterocycles. The zero-order valence-electron chi connectivity index (χ0n) is 11.8. The summed E-state index contributed by atoms with van der Waals surface area (Å²) >= 11 is 0. The Balaban J connectivity index is 1.97. The number of carbonyl (C=O) groups excluding carboxylic acids is 1. The first-order chi connectivity index (χ1) is 9.49. The lowest BCUT2D eigenvalue weighted by atomic mass is 10.1. The van der Waals surface area contributed by atoms with E-state index in [1.807, 2.05) is 20.9 Å². The molecule has 6 nitrogen and oxygen atoms in total. The third kappa shape index (κ3) is 3.08. The monoisotopic (exact) mass is 277 g/mol. The van der Waals surface area contributed by atoms with Gasteiger partial charge in [-0.25, -0.2) is 0 Å². The molecule has 1 unspecified atom stereocenters. The van der Waals surface area contributed by atoms with E-state index in [9.17, 15) is 9.90 Å². The van der Waals surface area contributed by atoms with Crippen LogP contribution in [-0.4, -0.2) is 27.3 Å². The molecule has 0 radical (unpaired) electrons. The minimum absolute atomic E-state index is 0.0833. The lowest BCUT2D eigenvalue weighted by Gasteiger charge is -2.08. The van der Waals surface area contributed by atoms with Crippen molar-refractivity contribution >= 4 is 5.91 Å². The van der Waals surface area contributed by atoms with Crippen molar-refractivity contribution in [1.29, 1.82) is 0 Å². The SMILES string of the molecule is CC(C)c1cc(C(=O)NCC(O)c2ccco2)nn1C. The Morgan fingerprint density at radius 2 is 2.30 bits per heavy atom. The van der Waals surface area contributed by atoms with Crippen molar-refractivity contribution in [3.8, 4) is 0 Å². The Labute approximate surface area is 117 Å². The maximum absolute atomic E-state index is 12.0. The van der Waals surface area contributed by atoms with E-state index in [0.29, 0.717) is 17.4 Å². The summed E-state index contributed by atoms with van der Waals surface area (Å²) in [6.45, 7) is 4.17. The smallest absolute Gasteiger partial charge is 0.271 e. The lowest BCUT2D eigenvalue weighted by Crippen LogP contribution is -2.28. The van der Waals surface area contributed by atoms with Gasteiger partial charge in [0.25, 0.3) is 5.91 Å². The highest BCUT2D eigenvalue weighted by Crippen LogP contribution is 2.15. The van der Waals surface area contributed by atoms with Crippen molar-refractivity contribution in [2.45, 2.75) is 25.9 Å². The molecule has 2 heterocycles. The van der Waals surface area contributed by atoms with Gasteiger partial charge in [0.15, 0.2) is 0 Å². The highest BCUT2D eigenvalue weighted by atomic mass is 16.4. The number of rotatable bonds is 5. The van der Waals surface area contributed by atoms with Crippen molar-refractivity contribution < 1.29 is 14.3 Å². The molecule has 0 aliphatic carbocycles. The largest absolute Gasteiger partial charge is 0.467 e. The van der Waals surface area contributed by atoms with Crippen LogP contribution in [0.5, 0.6) is 0 Å². The summed E-state index contributed by atoms with van der Waals surface area (Å²) in [5, 5.41) is 16.6. The molecule has 1 atom stereocenters. The standard InChI is InChI=1S/C14H19N3O3/c1-9(2)11-7-10(16-17(11)3)14(19)15-8-12(18)13-5-4-6-20-13/h4-7,9,12,18H,8H2,1-3H3,(H,15,19). The van der Waals surface area contributed by atoms with Gasteiger partial charge in [0.1, 0.15) is 17.6 Å². The van der Waals surface area contributed by atoms with Gasteiger partial charge in [-0.2, -0.15) is 5.10 Å². The van der Waals surface area contributed by atoms with Crippen LogP contribution in [0.2, 0.25) is 0 Å². The fraction of sp³-hybridized carbons (Fsp3) is 0.429. The van der Waals surface area contributed by atoms with Crippen LogP contribution in [-0.2, 0) is 7.05 Å². The van der Waals surface area contributed by atoms with Gasteiger partial charge in [-0.15, -0.1) is 0 Å². The molecule has 2 N–H and O–H groups in total. The minimum atomic E-state index is -0.859. The average molecular weight is 277 g/mol. The van der Waals surface area contributed by atoms with Crippen molar-refractivity contribution in [1.82, 2.24) is 15.1 Å². The Hall–Kier alpha value is -2.08. The van der Waals surface area contributed by atoms with E-state index in [1.54, 1.807) is 22.9 Å². The molecule has 0 bridgehead atoms. The number of aliphatic hydroxyl groups is 1. The Morgan fingerprint density at radius 3 is 2.85 bits per heavy atom. The number of aliphatic hydroxyl groups excluding tert-OH is 1. The summed E-state index contributed by atoms with van der Waals surface area (Å²) in [7, 11) is 1.81. The number of aromatic nitrogens is 2. The molecule has 6 heteroatoms. The number of nitrogens with zero attached hydrogens (tertiary/aromatic N) is 2. The van der Waals surface area contributed by atoms with E-state index in [4.69, 9.17) is 4.42 Å². The van der Waals surface area contributed by atoms with Gasteiger partial charge in [0.05, 0.1) is 12.8 Å². The molecule has 0 aliphatic heterocycles. The van der Waals surface area contributed by atoms with Crippen LogP contribution >= 0.6 is 0 Å². The molecule has 108 valence electrons. The third-order valence-electron chi connectivity index (χ3n) is 3.07. The van der Waals surface area contributed by atoms with Gasteiger partial charge in [0.2, 0.25) is 0 Å². The second-order valence-electron chi connectivity index (χ2n) is 4.97. The first-order valence-corrected chi connectivity index (χ1v) is 6.52. The average Bonchev–Trinajstić information content (AvgIpc) is 3.04. The van der Waals surface area contributed by atoms with Crippen LogP contribution in [0, 0.1) is 0 Å². The summed E-state index contributed by atoms with van der Waals surface area (Å²) in [4.78, 5) is 12.0. The van der Waals surface area contributed by atoms with Gasteiger partial charge in [-0.1, -0.05) is 13.8 Å². The quantitative estimate of drug-likeness (QED) is 0.870. The van der Waals surface area contributed by atoms with Gasteiger partial charge < -0.3 is 14.8 Å². The predicted octanol–water partition coefficient (Wildman–Crippen LogP) is 1.60. The number of carbonyl (C=O) groups is 1. The third-order valence-corrected chi connectivity index (χ3v) is 3.07. The van der Waals surface area contributed by atoms with E-state index < -0.39 is 6.10 Å². The normalized spacial score (nSPS) is 12.7. The van der Waals surface area contributed by atoms with Crippen LogP contribution in [0.25, 0.3) is 0 Å². The zero-order chi connectivity index (χ0) is 14.7. The molecular formula is C14H19N3O3. The number of aryl methyl sites for hydroxylation is 1. The van der Waals surface area contributed by atoms with Crippen LogP contribution in [0.3, 0.4) is 0 Å². The highest BCUT2D eigenvalue weighted by Gasteiger charge is 2.17. The van der Waals surface area contributed by atoms with E-state index in [-0.39, 0.29) is 12.5 Å². The summed E-state index contributed by atoms with van der Waals surface area (Å²) in [6.07, 6.45) is 0.621. The van der Waals surface area contributed by atoms with Crippen LogP contribution in [0.1, 0.15) is 47.8 Å². The number of hydrogen-bond acceptors (Lipinski definition) is 4. The number of amides is 1. The second kappa shape index (κ2) is 5.92. The van der Waals surface area contributed by atoms with Crippen LogP contribution in [0.4, 0.5) is 0 Å². The van der Waals surface area contributed by atoms with Gasteiger partial charge in [-0.3, -0.25) is 9.48 Å². The van der Waals surface area contributed by atoms with E-state index in [2.05, 4.69) is 10.4 Å². The number of furan rings is 1. The molecule has 2 aromatic rings.